The molecule has 74 valence electrons. The summed E-state index contributed by atoms with van der Waals surface area (Å²) < 4.78 is 5.16. The Balaban J connectivity index is 2.07. The number of hydrogen-bond donors (Lipinski definition) is 2. The Labute approximate surface area is 82.3 Å². The first-order valence-corrected chi connectivity index (χ1v) is 5.45. The normalized spacial score (nSPS) is 13.1. The molecule has 1 unspecified atom stereocenters. The van der Waals surface area contributed by atoms with Gasteiger partial charge < -0.3 is 15.3 Å². The fraction of sp³-hybridized carbons (Fsp3) is 0.556. The van der Waals surface area contributed by atoms with E-state index in [9.17, 15) is 0 Å². The van der Waals surface area contributed by atoms with Gasteiger partial charge >= 0.3 is 0 Å². The maximum absolute atomic E-state index is 8.61. The van der Waals surface area contributed by atoms with Gasteiger partial charge in [-0.1, -0.05) is 0 Å². The van der Waals surface area contributed by atoms with Gasteiger partial charge in [0.25, 0.3) is 0 Å². The van der Waals surface area contributed by atoms with Crippen LogP contribution in [0.2, 0.25) is 0 Å². The van der Waals surface area contributed by atoms with E-state index in [1.807, 2.05) is 12.1 Å². The van der Waals surface area contributed by atoms with Crippen molar-refractivity contribution in [3.8, 4) is 0 Å². The fourth-order valence-corrected chi connectivity index (χ4v) is 1.91. The zero-order valence-electron chi connectivity index (χ0n) is 7.48. The van der Waals surface area contributed by atoms with Crippen LogP contribution in [0.3, 0.4) is 0 Å². The summed E-state index contributed by atoms with van der Waals surface area (Å²) in [6.07, 6.45) is 2.34. The number of aliphatic hydroxyl groups excluding tert-OH is 1. The quantitative estimate of drug-likeness (QED) is 0.726. The van der Waals surface area contributed by atoms with Gasteiger partial charge in [-0.05, 0) is 18.6 Å². The zero-order valence-corrected chi connectivity index (χ0v) is 8.30. The summed E-state index contributed by atoms with van der Waals surface area (Å²) in [5, 5.41) is 8.61. The van der Waals surface area contributed by atoms with Crippen LogP contribution < -0.4 is 5.73 Å². The monoisotopic (exact) mass is 201 g/mol. The van der Waals surface area contributed by atoms with Gasteiger partial charge in [-0.3, -0.25) is 0 Å². The highest BCUT2D eigenvalue weighted by Gasteiger charge is 2.02. The van der Waals surface area contributed by atoms with Gasteiger partial charge in [-0.2, -0.15) is 11.8 Å². The van der Waals surface area contributed by atoms with Crippen LogP contribution in [0, 0.1) is 0 Å². The van der Waals surface area contributed by atoms with Crippen molar-refractivity contribution in [2.24, 2.45) is 5.73 Å². The molecule has 3 nitrogen and oxygen atoms in total. The van der Waals surface area contributed by atoms with E-state index in [1.165, 1.54) is 0 Å². The molecule has 4 heteroatoms. The molecule has 0 aliphatic rings. The lowest BCUT2D eigenvalue weighted by molar-refractivity contribution is 0.279. The average Bonchev–Trinajstić information content (AvgIpc) is 2.57. The molecule has 1 heterocycles. The Bertz CT molecular complexity index is 213. The zero-order chi connectivity index (χ0) is 9.52. The lowest BCUT2D eigenvalue weighted by Crippen LogP contribution is -2.23. The van der Waals surface area contributed by atoms with Crippen LogP contribution in [-0.2, 0) is 5.75 Å². The Morgan fingerprint density at radius 1 is 1.62 bits per heavy atom. The molecule has 13 heavy (non-hydrogen) atoms. The van der Waals surface area contributed by atoms with Gasteiger partial charge in [0, 0.05) is 18.4 Å². The van der Waals surface area contributed by atoms with Crippen LogP contribution in [0.15, 0.2) is 22.8 Å². The van der Waals surface area contributed by atoms with Crippen molar-refractivity contribution in [2.45, 2.75) is 18.2 Å². The second kappa shape index (κ2) is 6.07. The van der Waals surface area contributed by atoms with Crippen LogP contribution in [0.25, 0.3) is 0 Å². The van der Waals surface area contributed by atoms with Crippen LogP contribution in [0.5, 0.6) is 0 Å². The number of nitrogens with two attached hydrogens (primary N) is 1. The molecule has 1 rings (SSSR count). The van der Waals surface area contributed by atoms with E-state index < -0.39 is 0 Å². The first-order valence-electron chi connectivity index (χ1n) is 4.29. The minimum atomic E-state index is 0.0879. The van der Waals surface area contributed by atoms with Gasteiger partial charge in [0.1, 0.15) is 5.76 Å². The van der Waals surface area contributed by atoms with Gasteiger partial charge in [0.05, 0.1) is 12.0 Å². The molecule has 0 spiro atoms. The fourth-order valence-electron chi connectivity index (χ4n) is 0.955. The van der Waals surface area contributed by atoms with Crippen LogP contribution in [0.4, 0.5) is 0 Å². The standard InChI is InChI=1S/C9H15NO2S/c10-8(3-4-11)6-13-7-9-2-1-5-12-9/h1-2,5,8,11H,3-4,6-7,10H2. The van der Waals surface area contributed by atoms with Crippen LogP contribution in [0.1, 0.15) is 12.2 Å². The van der Waals surface area contributed by atoms with Crippen molar-refractivity contribution in [3.63, 3.8) is 0 Å². The SMILES string of the molecule is NC(CCO)CSCc1ccco1. The third-order valence-corrected chi connectivity index (χ3v) is 2.81. The molecule has 0 aliphatic carbocycles. The predicted molar refractivity (Wildman–Crippen MR) is 54.5 cm³/mol. The highest BCUT2D eigenvalue weighted by molar-refractivity contribution is 7.98. The number of rotatable bonds is 6. The Morgan fingerprint density at radius 3 is 3.08 bits per heavy atom. The summed E-state index contributed by atoms with van der Waals surface area (Å²) >= 11 is 1.73. The van der Waals surface area contributed by atoms with Crippen LogP contribution >= 0.6 is 11.8 Å². The molecule has 1 aromatic heterocycles. The molecular formula is C9H15NO2S. The molecule has 1 aromatic rings. The van der Waals surface area contributed by atoms with E-state index in [0.717, 1.165) is 17.3 Å². The Kier molecular flexibility index (Phi) is 4.97. The second-order valence-electron chi connectivity index (χ2n) is 2.87. The van der Waals surface area contributed by atoms with E-state index in [1.54, 1.807) is 18.0 Å². The lowest BCUT2D eigenvalue weighted by atomic mass is 10.3. The molecule has 0 fully saturated rings. The second-order valence-corrected chi connectivity index (χ2v) is 3.90. The number of aliphatic hydroxyl groups is 1. The van der Waals surface area contributed by atoms with Crippen LogP contribution in [-0.4, -0.2) is 23.5 Å². The van der Waals surface area contributed by atoms with Crippen molar-refractivity contribution in [1.82, 2.24) is 0 Å². The molecule has 0 amide bonds. The highest BCUT2D eigenvalue weighted by atomic mass is 32.2. The third-order valence-electron chi connectivity index (χ3n) is 1.66. The number of thioether (sulfide) groups is 1. The Morgan fingerprint density at radius 2 is 2.46 bits per heavy atom. The van der Waals surface area contributed by atoms with E-state index in [4.69, 9.17) is 15.3 Å². The van der Waals surface area contributed by atoms with Crippen molar-refractivity contribution >= 4 is 11.8 Å². The van der Waals surface area contributed by atoms with E-state index in [-0.39, 0.29) is 12.6 Å². The molecule has 0 radical (unpaired) electrons. The molecule has 0 bridgehead atoms. The van der Waals surface area contributed by atoms with Gasteiger partial charge in [-0.25, -0.2) is 0 Å². The molecule has 0 saturated heterocycles. The largest absolute Gasteiger partial charge is 0.468 e. The highest BCUT2D eigenvalue weighted by Crippen LogP contribution is 2.13. The minimum absolute atomic E-state index is 0.0879. The van der Waals surface area contributed by atoms with E-state index >= 15 is 0 Å². The summed E-state index contributed by atoms with van der Waals surface area (Å²) in [6.45, 7) is 0.169. The molecule has 1 atom stereocenters. The summed E-state index contributed by atoms with van der Waals surface area (Å²) in [6, 6.07) is 3.92. The molecule has 0 aliphatic heterocycles. The summed E-state index contributed by atoms with van der Waals surface area (Å²) in [5.74, 6) is 2.69. The smallest absolute Gasteiger partial charge is 0.113 e. The van der Waals surface area contributed by atoms with Crippen molar-refractivity contribution in [3.05, 3.63) is 24.2 Å². The molecule has 0 saturated carbocycles. The molecule has 0 aromatic carbocycles. The third kappa shape index (κ3) is 4.36. The maximum Gasteiger partial charge on any atom is 0.113 e. The first kappa shape index (κ1) is 10.6. The average molecular weight is 201 g/mol. The van der Waals surface area contributed by atoms with Gasteiger partial charge in [-0.15, -0.1) is 0 Å². The van der Waals surface area contributed by atoms with Crippen molar-refractivity contribution < 1.29 is 9.52 Å². The van der Waals surface area contributed by atoms with E-state index in [0.29, 0.717) is 6.42 Å². The molecule has 3 N–H and O–H groups in total. The van der Waals surface area contributed by atoms with Gasteiger partial charge in [0.2, 0.25) is 0 Å². The number of furan rings is 1. The van der Waals surface area contributed by atoms with Crippen molar-refractivity contribution in [2.75, 3.05) is 12.4 Å². The Hall–Kier alpha value is -0.450. The van der Waals surface area contributed by atoms with E-state index in [2.05, 4.69) is 0 Å². The predicted octanol–water partition coefficient (Wildman–Crippen LogP) is 1.22. The maximum atomic E-state index is 8.61. The van der Waals surface area contributed by atoms with Gasteiger partial charge in [0.15, 0.2) is 0 Å². The topological polar surface area (TPSA) is 59.4 Å². The van der Waals surface area contributed by atoms with Crippen molar-refractivity contribution in [1.29, 1.82) is 0 Å². The summed E-state index contributed by atoms with van der Waals surface area (Å²) in [7, 11) is 0. The molecular weight excluding hydrogens is 186 g/mol. The number of hydrogen-bond acceptors (Lipinski definition) is 4. The first-order chi connectivity index (χ1) is 6.33. The summed E-state index contributed by atoms with van der Waals surface area (Å²) in [4.78, 5) is 0. The minimum Gasteiger partial charge on any atom is -0.468 e. The summed E-state index contributed by atoms with van der Waals surface area (Å²) in [5.41, 5.74) is 5.71. The lowest BCUT2D eigenvalue weighted by Gasteiger charge is -2.07.